The van der Waals surface area contributed by atoms with Crippen LogP contribution in [0.5, 0.6) is 5.75 Å². The highest BCUT2D eigenvalue weighted by Gasteiger charge is 2.16. The number of nitrogens with one attached hydrogen (secondary N) is 1. The molecule has 1 atom stereocenters. The van der Waals surface area contributed by atoms with Crippen molar-refractivity contribution in [1.29, 1.82) is 0 Å². The second-order valence-electron chi connectivity index (χ2n) is 5.97. The van der Waals surface area contributed by atoms with E-state index in [1.54, 1.807) is 0 Å². The van der Waals surface area contributed by atoms with Crippen molar-refractivity contribution >= 4 is 11.8 Å². The first-order valence-corrected chi connectivity index (χ1v) is 8.98. The van der Waals surface area contributed by atoms with Crippen LogP contribution in [0, 0.1) is 0 Å². The van der Waals surface area contributed by atoms with Gasteiger partial charge in [-0.1, -0.05) is 39.0 Å². The van der Waals surface area contributed by atoms with E-state index in [-0.39, 0.29) is 0 Å². The van der Waals surface area contributed by atoms with Gasteiger partial charge in [-0.3, -0.25) is 4.90 Å². The van der Waals surface area contributed by atoms with Crippen LogP contribution < -0.4 is 10.1 Å². The topological polar surface area (TPSA) is 24.5 Å². The van der Waals surface area contributed by atoms with E-state index in [9.17, 15) is 0 Å². The summed E-state index contributed by atoms with van der Waals surface area (Å²) in [6.07, 6.45) is 0. The monoisotopic (exact) mass is 308 g/mol. The van der Waals surface area contributed by atoms with Gasteiger partial charge in [0.15, 0.2) is 0 Å². The van der Waals surface area contributed by atoms with Gasteiger partial charge in [-0.05, 0) is 6.07 Å². The summed E-state index contributed by atoms with van der Waals surface area (Å²) >= 11 is 2.07. The SMILES string of the molecule is CC(C)NCc1ccccc1OCCN1CCSC(C)C1. The lowest BCUT2D eigenvalue weighted by atomic mass is 10.2. The van der Waals surface area contributed by atoms with Gasteiger partial charge in [-0.15, -0.1) is 0 Å². The average Bonchev–Trinajstić information content (AvgIpc) is 2.46. The fourth-order valence-corrected chi connectivity index (χ4v) is 3.57. The van der Waals surface area contributed by atoms with Crippen molar-refractivity contribution in [1.82, 2.24) is 10.2 Å². The molecule has 1 saturated heterocycles. The van der Waals surface area contributed by atoms with Crippen LogP contribution in [0.1, 0.15) is 26.3 Å². The molecule has 1 N–H and O–H groups in total. The van der Waals surface area contributed by atoms with Crippen molar-refractivity contribution in [2.75, 3.05) is 32.0 Å². The molecule has 1 heterocycles. The molecule has 2 rings (SSSR count). The second kappa shape index (κ2) is 8.66. The molecule has 1 unspecified atom stereocenters. The van der Waals surface area contributed by atoms with Gasteiger partial charge in [0.05, 0.1) is 0 Å². The predicted molar refractivity (Wildman–Crippen MR) is 92.3 cm³/mol. The number of hydrogen-bond donors (Lipinski definition) is 1. The number of thioether (sulfide) groups is 1. The Kier molecular flexibility index (Phi) is 6.87. The molecule has 21 heavy (non-hydrogen) atoms. The van der Waals surface area contributed by atoms with Gasteiger partial charge in [0, 0.05) is 48.8 Å². The first-order chi connectivity index (χ1) is 10.1. The molecule has 1 aromatic carbocycles. The zero-order valence-electron chi connectivity index (χ0n) is 13.5. The summed E-state index contributed by atoms with van der Waals surface area (Å²) in [6, 6.07) is 8.84. The minimum absolute atomic E-state index is 0.491. The van der Waals surface area contributed by atoms with Gasteiger partial charge in [0.2, 0.25) is 0 Å². The van der Waals surface area contributed by atoms with E-state index in [0.29, 0.717) is 6.04 Å². The Hall–Kier alpha value is -0.710. The molecule has 0 aromatic heterocycles. The van der Waals surface area contributed by atoms with E-state index < -0.39 is 0 Å². The normalized spacial score (nSPS) is 19.9. The minimum Gasteiger partial charge on any atom is -0.492 e. The molecule has 0 amide bonds. The Labute approximate surface area is 133 Å². The molecule has 1 aromatic rings. The smallest absolute Gasteiger partial charge is 0.123 e. The van der Waals surface area contributed by atoms with Gasteiger partial charge in [-0.2, -0.15) is 11.8 Å². The van der Waals surface area contributed by atoms with E-state index >= 15 is 0 Å². The molecule has 4 heteroatoms. The minimum atomic E-state index is 0.491. The first kappa shape index (κ1) is 16.7. The Morgan fingerprint density at radius 1 is 1.38 bits per heavy atom. The third-order valence-corrected chi connectivity index (χ3v) is 4.80. The zero-order chi connectivity index (χ0) is 15.1. The molecule has 118 valence electrons. The lowest BCUT2D eigenvalue weighted by molar-refractivity contribution is 0.213. The molecular weight excluding hydrogens is 280 g/mol. The highest BCUT2D eigenvalue weighted by molar-refractivity contribution is 7.99. The molecule has 0 bridgehead atoms. The molecule has 0 spiro atoms. The molecule has 1 fully saturated rings. The standard InChI is InChI=1S/C17H28N2OS/c1-14(2)18-12-16-6-4-5-7-17(16)20-10-8-19-9-11-21-15(3)13-19/h4-7,14-15,18H,8-13H2,1-3H3. The maximum Gasteiger partial charge on any atom is 0.123 e. The molecule has 0 saturated carbocycles. The summed E-state index contributed by atoms with van der Waals surface area (Å²) in [5, 5.41) is 4.21. The zero-order valence-corrected chi connectivity index (χ0v) is 14.3. The van der Waals surface area contributed by atoms with Crippen LogP contribution in [-0.4, -0.2) is 48.2 Å². The van der Waals surface area contributed by atoms with Crippen molar-refractivity contribution in [2.45, 2.75) is 38.6 Å². The molecule has 0 aliphatic carbocycles. The van der Waals surface area contributed by atoms with Crippen molar-refractivity contribution in [2.24, 2.45) is 0 Å². The average molecular weight is 308 g/mol. The largest absolute Gasteiger partial charge is 0.492 e. The maximum absolute atomic E-state index is 6.02. The van der Waals surface area contributed by atoms with Crippen LogP contribution in [0.25, 0.3) is 0 Å². The summed E-state index contributed by atoms with van der Waals surface area (Å²) in [4.78, 5) is 2.51. The quantitative estimate of drug-likeness (QED) is 0.837. The summed E-state index contributed by atoms with van der Waals surface area (Å²) in [5.74, 6) is 2.26. The van der Waals surface area contributed by atoms with Crippen LogP contribution in [0.2, 0.25) is 0 Å². The highest BCUT2D eigenvalue weighted by Crippen LogP contribution is 2.19. The fourth-order valence-electron chi connectivity index (χ4n) is 2.48. The van der Waals surface area contributed by atoms with Crippen molar-refractivity contribution in [3.63, 3.8) is 0 Å². The van der Waals surface area contributed by atoms with E-state index in [1.165, 1.54) is 24.4 Å². The van der Waals surface area contributed by atoms with Gasteiger partial charge in [0.25, 0.3) is 0 Å². The number of benzene rings is 1. The van der Waals surface area contributed by atoms with Crippen molar-refractivity contribution < 1.29 is 4.74 Å². The van der Waals surface area contributed by atoms with E-state index in [0.717, 1.165) is 30.7 Å². The lowest BCUT2D eigenvalue weighted by Crippen LogP contribution is -2.39. The van der Waals surface area contributed by atoms with Gasteiger partial charge in [0.1, 0.15) is 12.4 Å². The van der Waals surface area contributed by atoms with E-state index in [4.69, 9.17) is 4.74 Å². The summed E-state index contributed by atoms with van der Waals surface area (Å²) in [5.41, 5.74) is 1.24. The van der Waals surface area contributed by atoms with Crippen molar-refractivity contribution in [3.05, 3.63) is 29.8 Å². The number of hydrogen-bond acceptors (Lipinski definition) is 4. The van der Waals surface area contributed by atoms with Crippen LogP contribution in [0.15, 0.2) is 24.3 Å². The Morgan fingerprint density at radius 3 is 2.95 bits per heavy atom. The van der Waals surface area contributed by atoms with Crippen LogP contribution in [-0.2, 0) is 6.54 Å². The Balaban J connectivity index is 1.79. The van der Waals surface area contributed by atoms with Crippen molar-refractivity contribution in [3.8, 4) is 5.75 Å². The van der Waals surface area contributed by atoms with E-state index in [1.807, 2.05) is 6.07 Å². The van der Waals surface area contributed by atoms with Gasteiger partial charge in [-0.25, -0.2) is 0 Å². The van der Waals surface area contributed by atoms with Crippen LogP contribution >= 0.6 is 11.8 Å². The second-order valence-corrected chi connectivity index (χ2v) is 7.52. The Morgan fingerprint density at radius 2 is 2.19 bits per heavy atom. The number of rotatable bonds is 7. The molecule has 3 nitrogen and oxygen atoms in total. The summed E-state index contributed by atoms with van der Waals surface area (Å²) in [6.45, 7) is 11.7. The number of ether oxygens (including phenoxy) is 1. The van der Waals surface area contributed by atoms with Crippen LogP contribution in [0.3, 0.4) is 0 Å². The maximum atomic E-state index is 6.02. The Bertz CT molecular complexity index is 425. The van der Waals surface area contributed by atoms with Gasteiger partial charge >= 0.3 is 0 Å². The number of nitrogens with zero attached hydrogens (tertiary/aromatic N) is 1. The summed E-state index contributed by atoms with van der Waals surface area (Å²) < 4.78 is 6.02. The molecule has 0 radical (unpaired) electrons. The third-order valence-electron chi connectivity index (χ3n) is 3.66. The molecule has 1 aliphatic heterocycles. The predicted octanol–water partition coefficient (Wildman–Crippen LogP) is 3.00. The van der Waals surface area contributed by atoms with Crippen LogP contribution in [0.4, 0.5) is 0 Å². The first-order valence-electron chi connectivity index (χ1n) is 7.93. The summed E-state index contributed by atoms with van der Waals surface area (Å²) in [7, 11) is 0. The molecular formula is C17H28N2OS. The third kappa shape index (κ3) is 5.89. The van der Waals surface area contributed by atoms with Gasteiger partial charge < -0.3 is 10.1 Å². The number of para-hydroxylation sites is 1. The van der Waals surface area contributed by atoms with E-state index in [2.05, 4.69) is 60.9 Å². The molecule has 1 aliphatic rings. The lowest BCUT2D eigenvalue weighted by Gasteiger charge is -2.30. The highest BCUT2D eigenvalue weighted by atomic mass is 32.2. The fraction of sp³-hybridized carbons (Fsp3) is 0.647.